The van der Waals surface area contributed by atoms with Crippen molar-refractivity contribution in [2.75, 3.05) is 13.1 Å². The van der Waals surface area contributed by atoms with Gasteiger partial charge in [0.05, 0.1) is 0 Å². The highest BCUT2D eigenvalue weighted by Crippen LogP contribution is 2.31. The number of ether oxygens (including phenoxy) is 1. The number of aliphatic carboxylic acids is 1. The summed E-state index contributed by atoms with van der Waals surface area (Å²) in [6, 6.07) is 4.11. The van der Waals surface area contributed by atoms with E-state index in [-0.39, 0.29) is 11.9 Å². The summed E-state index contributed by atoms with van der Waals surface area (Å²) in [7, 11) is 0. The Balaban J connectivity index is 1.66. The molecule has 3 unspecified atom stereocenters. The molecule has 5 heteroatoms. The smallest absolute Gasteiger partial charge is 0.320 e. The number of nitrogens with zero attached hydrogens (tertiary/aromatic N) is 1. The molecule has 114 valence electrons. The molecule has 0 amide bonds. The number of carboxylic acids is 1. The molecule has 2 aliphatic rings. The van der Waals surface area contributed by atoms with Crippen LogP contribution in [0.2, 0.25) is 0 Å². The van der Waals surface area contributed by atoms with Crippen molar-refractivity contribution in [3.05, 3.63) is 29.6 Å². The Morgan fingerprint density at radius 3 is 3.10 bits per heavy atom. The van der Waals surface area contributed by atoms with E-state index in [2.05, 4.69) is 6.92 Å². The maximum atomic E-state index is 13.2. The second kappa shape index (κ2) is 5.64. The molecule has 2 aliphatic heterocycles. The maximum absolute atomic E-state index is 13.2. The van der Waals surface area contributed by atoms with Gasteiger partial charge >= 0.3 is 5.97 Å². The van der Waals surface area contributed by atoms with Crippen LogP contribution in [0.3, 0.4) is 0 Å². The van der Waals surface area contributed by atoms with E-state index in [1.165, 1.54) is 12.1 Å². The standard InChI is InChI=1S/C16H20FNO3/c1-10-4-5-18(14(6-10)16(19)20)9-13-8-11-7-12(17)2-3-15(11)21-13/h2-3,7,10,13-14H,4-6,8-9H2,1H3,(H,19,20). The summed E-state index contributed by atoms with van der Waals surface area (Å²) in [6.45, 7) is 3.46. The van der Waals surface area contributed by atoms with Crippen molar-refractivity contribution in [2.45, 2.75) is 38.3 Å². The number of carboxylic acid groups (broad SMARTS) is 1. The largest absolute Gasteiger partial charge is 0.488 e. The molecular weight excluding hydrogens is 273 g/mol. The molecule has 4 nitrogen and oxygen atoms in total. The highest BCUT2D eigenvalue weighted by atomic mass is 19.1. The van der Waals surface area contributed by atoms with Gasteiger partial charge in [0, 0.05) is 18.5 Å². The molecule has 0 saturated carbocycles. The first-order valence-electron chi connectivity index (χ1n) is 7.45. The molecule has 0 bridgehead atoms. The van der Waals surface area contributed by atoms with Gasteiger partial charge in [0.25, 0.3) is 0 Å². The third-order valence-corrected chi connectivity index (χ3v) is 4.46. The third kappa shape index (κ3) is 3.02. The van der Waals surface area contributed by atoms with E-state index in [4.69, 9.17) is 4.74 Å². The Morgan fingerprint density at radius 1 is 1.52 bits per heavy atom. The summed E-state index contributed by atoms with van der Waals surface area (Å²) in [5.41, 5.74) is 0.872. The van der Waals surface area contributed by atoms with Crippen LogP contribution in [0.4, 0.5) is 4.39 Å². The second-order valence-corrected chi connectivity index (χ2v) is 6.17. The number of likely N-dealkylation sites (tertiary alicyclic amines) is 1. The number of hydrogen-bond acceptors (Lipinski definition) is 3. The Morgan fingerprint density at radius 2 is 2.33 bits per heavy atom. The molecule has 0 radical (unpaired) electrons. The zero-order valence-electron chi connectivity index (χ0n) is 12.1. The van der Waals surface area contributed by atoms with Crippen LogP contribution in [0, 0.1) is 11.7 Å². The van der Waals surface area contributed by atoms with E-state index in [0.717, 1.165) is 24.3 Å². The van der Waals surface area contributed by atoms with Crippen molar-refractivity contribution < 1.29 is 19.0 Å². The number of benzene rings is 1. The van der Waals surface area contributed by atoms with Gasteiger partial charge in [-0.2, -0.15) is 0 Å². The average Bonchev–Trinajstić information content (AvgIpc) is 2.82. The van der Waals surface area contributed by atoms with Gasteiger partial charge in [-0.25, -0.2) is 4.39 Å². The summed E-state index contributed by atoms with van der Waals surface area (Å²) < 4.78 is 19.0. The van der Waals surface area contributed by atoms with Crippen molar-refractivity contribution in [3.63, 3.8) is 0 Å². The van der Waals surface area contributed by atoms with E-state index in [0.29, 0.717) is 25.3 Å². The van der Waals surface area contributed by atoms with Crippen molar-refractivity contribution >= 4 is 5.97 Å². The zero-order chi connectivity index (χ0) is 15.0. The highest BCUT2D eigenvalue weighted by Gasteiger charge is 2.35. The average molecular weight is 293 g/mol. The van der Waals surface area contributed by atoms with E-state index in [1.54, 1.807) is 6.07 Å². The van der Waals surface area contributed by atoms with Gasteiger partial charge in [0.2, 0.25) is 0 Å². The number of hydrogen-bond donors (Lipinski definition) is 1. The van der Waals surface area contributed by atoms with Crippen LogP contribution in [-0.4, -0.2) is 41.2 Å². The van der Waals surface area contributed by atoms with Gasteiger partial charge in [-0.1, -0.05) is 6.92 Å². The number of piperidine rings is 1. The maximum Gasteiger partial charge on any atom is 0.320 e. The molecule has 21 heavy (non-hydrogen) atoms. The van der Waals surface area contributed by atoms with Crippen molar-refractivity contribution in [2.24, 2.45) is 5.92 Å². The summed E-state index contributed by atoms with van der Waals surface area (Å²) in [6.07, 6.45) is 2.25. The van der Waals surface area contributed by atoms with Crippen LogP contribution in [0.25, 0.3) is 0 Å². The summed E-state index contributed by atoms with van der Waals surface area (Å²) in [4.78, 5) is 13.4. The summed E-state index contributed by atoms with van der Waals surface area (Å²) in [5, 5.41) is 9.38. The van der Waals surface area contributed by atoms with Crippen LogP contribution >= 0.6 is 0 Å². The number of carbonyl (C=O) groups is 1. The molecule has 2 heterocycles. The van der Waals surface area contributed by atoms with Crippen LogP contribution in [0.5, 0.6) is 5.75 Å². The molecule has 0 aromatic heterocycles. The SMILES string of the molecule is CC1CCN(CC2Cc3cc(F)ccc3O2)C(C(=O)O)C1. The molecule has 0 aliphatic carbocycles. The number of rotatable bonds is 3. The minimum atomic E-state index is -0.761. The zero-order valence-corrected chi connectivity index (χ0v) is 12.1. The molecule has 1 aromatic rings. The highest BCUT2D eigenvalue weighted by molar-refractivity contribution is 5.73. The molecule has 1 fully saturated rings. The normalized spacial score (nSPS) is 29.0. The molecule has 3 rings (SSSR count). The van der Waals surface area contributed by atoms with Gasteiger partial charge in [-0.3, -0.25) is 9.69 Å². The first-order valence-corrected chi connectivity index (χ1v) is 7.45. The van der Waals surface area contributed by atoms with Crippen LogP contribution in [-0.2, 0) is 11.2 Å². The van der Waals surface area contributed by atoms with Gasteiger partial charge < -0.3 is 9.84 Å². The predicted octanol–water partition coefficient (Wildman–Crippen LogP) is 2.31. The lowest BCUT2D eigenvalue weighted by Gasteiger charge is -2.37. The van der Waals surface area contributed by atoms with Crippen LogP contribution < -0.4 is 4.74 Å². The molecule has 1 N–H and O–H groups in total. The topological polar surface area (TPSA) is 49.8 Å². The first kappa shape index (κ1) is 14.3. The van der Waals surface area contributed by atoms with E-state index in [1.807, 2.05) is 4.90 Å². The predicted molar refractivity (Wildman–Crippen MR) is 75.9 cm³/mol. The molecule has 3 atom stereocenters. The Bertz CT molecular complexity index is 548. The number of halogens is 1. The minimum Gasteiger partial charge on any atom is -0.488 e. The van der Waals surface area contributed by atoms with Gasteiger partial charge in [0.1, 0.15) is 23.7 Å². The fraction of sp³-hybridized carbons (Fsp3) is 0.562. The van der Waals surface area contributed by atoms with E-state index in [9.17, 15) is 14.3 Å². The molecule has 1 saturated heterocycles. The fourth-order valence-electron chi connectivity index (χ4n) is 3.32. The quantitative estimate of drug-likeness (QED) is 0.929. The van der Waals surface area contributed by atoms with Gasteiger partial charge in [0.15, 0.2) is 0 Å². The van der Waals surface area contributed by atoms with Crippen molar-refractivity contribution in [1.82, 2.24) is 4.90 Å². The molecule has 1 aromatic carbocycles. The Labute approximate surface area is 123 Å². The molecule has 0 spiro atoms. The van der Waals surface area contributed by atoms with Gasteiger partial charge in [-0.15, -0.1) is 0 Å². The lowest BCUT2D eigenvalue weighted by Crippen LogP contribution is -2.50. The Hall–Kier alpha value is -1.62. The van der Waals surface area contributed by atoms with Crippen molar-refractivity contribution in [1.29, 1.82) is 0 Å². The summed E-state index contributed by atoms with van der Waals surface area (Å²) >= 11 is 0. The first-order chi connectivity index (χ1) is 10.0. The Kier molecular flexibility index (Phi) is 3.85. The summed E-state index contributed by atoms with van der Waals surface area (Å²) in [5.74, 6) is 0.146. The van der Waals surface area contributed by atoms with Crippen LogP contribution in [0.1, 0.15) is 25.3 Å². The van der Waals surface area contributed by atoms with Gasteiger partial charge in [-0.05, 0) is 43.5 Å². The van der Waals surface area contributed by atoms with E-state index < -0.39 is 12.0 Å². The van der Waals surface area contributed by atoms with E-state index >= 15 is 0 Å². The monoisotopic (exact) mass is 293 g/mol. The van der Waals surface area contributed by atoms with Crippen molar-refractivity contribution in [3.8, 4) is 5.75 Å². The third-order valence-electron chi connectivity index (χ3n) is 4.46. The lowest BCUT2D eigenvalue weighted by molar-refractivity contribution is -0.145. The van der Waals surface area contributed by atoms with Crippen LogP contribution in [0.15, 0.2) is 18.2 Å². The minimum absolute atomic E-state index is 0.0861. The lowest BCUT2D eigenvalue weighted by atomic mass is 9.92. The fourth-order valence-corrected chi connectivity index (χ4v) is 3.32. The number of fused-ring (bicyclic) bond motifs is 1. The second-order valence-electron chi connectivity index (χ2n) is 6.17. The molecular formula is C16H20FNO3.